The average Bonchev–Trinajstić information content (AvgIpc) is 3.22. The Morgan fingerprint density at radius 1 is 1.13 bits per heavy atom. The third kappa shape index (κ3) is 6.01. The highest BCUT2D eigenvalue weighted by atomic mass is 16.5. The zero-order chi connectivity index (χ0) is 21.3. The predicted octanol–water partition coefficient (Wildman–Crippen LogP) is 4.75. The molecular formula is C23H27N3O4. The number of urea groups is 1. The van der Waals surface area contributed by atoms with E-state index in [1.54, 1.807) is 13.4 Å². The predicted molar refractivity (Wildman–Crippen MR) is 116 cm³/mol. The molecule has 1 aromatic heterocycles. The highest BCUT2D eigenvalue weighted by Crippen LogP contribution is 2.24. The third-order valence-electron chi connectivity index (χ3n) is 4.26. The lowest BCUT2D eigenvalue weighted by molar-refractivity contribution is 0.251. The monoisotopic (exact) mass is 409 g/mol. The van der Waals surface area contributed by atoms with Crippen LogP contribution in [0.15, 0.2) is 59.2 Å². The van der Waals surface area contributed by atoms with Crippen molar-refractivity contribution in [2.75, 3.05) is 25.6 Å². The van der Waals surface area contributed by atoms with E-state index in [2.05, 4.69) is 29.5 Å². The molecule has 0 saturated carbocycles. The fourth-order valence-corrected chi connectivity index (χ4v) is 2.71. The zero-order valence-electron chi connectivity index (χ0n) is 17.5. The Morgan fingerprint density at radius 2 is 1.90 bits per heavy atom. The molecule has 2 aromatic carbocycles. The Labute approximate surface area is 176 Å². The van der Waals surface area contributed by atoms with Crippen molar-refractivity contribution < 1.29 is 18.7 Å². The van der Waals surface area contributed by atoms with E-state index in [4.69, 9.17) is 13.9 Å². The van der Waals surface area contributed by atoms with Gasteiger partial charge in [0.15, 0.2) is 0 Å². The van der Waals surface area contributed by atoms with Crippen LogP contribution >= 0.6 is 0 Å². The van der Waals surface area contributed by atoms with E-state index >= 15 is 0 Å². The second-order valence-corrected chi connectivity index (χ2v) is 7.20. The number of amides is 2. The minimum Gasteiger partial charge on any atom is -0.497 e. The molecule has 7 nitrogen and oxygen atoms in total. The lowest BCUT2D eigenvalue weighted by Crippen LogP contribution is -2.30. The Hall–Kier alpha value is -3.48. The number of para-hydroxylation sites is 2. The summed E-state index contributed by atoms with van der Waals surface area (Å²) in [6, 6.07) is 14.6. The average molecular weight is 409 g/mol. The van der Waals surface area contributed by atoms with Crippen LogP contribution in [0.1, 0.15) is 19.5 Å². The summed E-state index contributed by atoms with van der Waals surface area (Å²) in [4.78, 5) is 16.7. The van der Waals surface area contributed by atoms with Gasteiger partial charge in [0.1, 0.15) is 17.8 Å². The quantitative estimate of drug-likeness (QED) is 0.533. The number of carbonyl (C=O) groups is 1. The van der Waals surface area contributed by atoms with E-state index in [-0.39, 0.29) is 6.03 Å². The molecule has 158 valence electrons. The van der Waals surface area contributed by atoms with Gasteiger partial charge in [0.2, 0.25) is 5.89 Å². The van der Waals surface area contributed by atoms with Crippen LogP contribution in [0.3, 0.4) is 0 Å². The van der Waals surface area contributed by atoms with E-state index in [0.717, 1.165) is 17.0 Å². The van der Waals surface area contributed by atoms with Gasteiger partial charge in [-0.05, 0) is 42.3 Å². The first-order chi connectivity index (χ1) is 14.5. The van der Waals surface area contributed by atoms with Gasteiger partial charge < -0.3 is 24.5 Å². The van der Waals surface area contributed by atoms with E-state index < -0.39 is 0 Å². The smallest absolute Gasteiger partial charge is 0.319 e. The Kier molecular flexibility index (Phi) is 7.32. The molecule has 7 heteroatoms. The maximum Gasteiger partial charge on any atom is 0.319 e. The standard InChI is InChI=1S/C23H27N3O4/c1-16(2)14-29-21-7-5-4-6-20(21)26-23(27)24-13-12-18-15-30-22(25-18)17-8-10-19(28-3)11-9-17/h4-11,15-16H,12-14H2,1-3H3,(H2,24,26,27). The molecule has 2 N–H and O–H groups in total. The largest absolute Gasteiger partial charge is 0.497 e. The summed E-state index contributed by atoms with van der Waals surface area (Å²) in [6.45, 7) is 5.16. The van der Waals surface area contributed by atoms with Crippen LogP contribution in [0.4, 0.5) is 10.5 Å². The van der Waals surface area contributed by atoms with E-state index in [1.807, 2.05) is 48.5 Å². The van der Waals surface area contributed by atoms with Crippen molar-refractivity contribution in [3.05, 3.63) is 60.5 Å². The minimum atomic E-state index is -0.297. The Balaban J connectivity index is 1.49. The number of nitrogens with zero attached hydrogens (tertiary/aromatic N) is 1. The zero-order valence-corrected chi connectivity index (χ0v) is 17.5. The maximum absolute atomic E-state index is 12.2. The van der Waals surface area contributed by atoms with Crippen molar-refractivity contribution in [2.24, 2.45) is 5.92 Å². The normalized spacial score (nSPS) is 10.7. The summed E-state index contributed by atoms with van der Waals surface area (Å²) in [7, 11) is 1.62. The van der Waals surface area contributed by atoms with Crippen LogP contribution in [0.25, 0.3) is 11.5 Å². The summed E-state index contributed by atoms with van der Waals surface area (Å²) in [5.41, 5.74) is 2.27. The van der Waals surface area contributed by atoms with E-state index in [0.29, 0.717) is 42.8 Å². The number of rotatable bonds is 9. The summed E-state index contributed by atoms with van der Waals surface area (Å²) >= 11 is 0. The fraction of sp³-hybridized carbons (Fsp3) is 0.304. The lowest BCUT2D eigenvalue weighted by atomic mass is 10.2. The van der Waals surface area contributed by atoms with Gasteiger partial charge in [-0.15, -0.1) is 0 Å². The fourth-order valence-electron chi connectivity index (χ4n) is 2.71. The van der Waals surface area contributed by atoms with Crippen LogP contribution in [-0.4, -0.2) is 31.3 Å². The number of nitrogens with one attached hydrogen (secondary N) is 2. The van der Waals surface area contributed by atoms with Gasteiger partial charge >= 0.3 is 6.03 Å². The number of hydrogen-bond donors (Lipinski definition) is 2. The van der Waals surface area contributed by atoms with Crippen LogP contribution in [0, 0.1) is 5.92 Å². The molecule has 30 heavy (non-hydrogen) atoms. The number of oxazole rings is 1. The van der Waals surface area contributed by atoms with Crippen molar-refractivity contribution in [1.82, 2.24) is 10.3 Å². The van der Waals surface area contributed by atoms with Crippen LogP contribution in [0.2, 0.25) is 0 Å². The molecule has 0 aliphatic heterocycles. The first kappa shape index (κ1) is 21.2. The molecule has 0 aliphatic rings. The molecular weight excluding hydrogens is 382 g/mol. The molecule has 0 bridgehead atoms. The molecule has 0 atom stereocenters. The van der Waals surface area contributed by atoms with Gasteiger partial charge in [0.05, 0.1) is 25.1 Å². The number of carbonyl (C=O) groups excluding carboxylic acids is 1. The maximum atomic E-state index is 12.2. The molecule has 0 saturated heterocycles. The SMILES string of the molecule is COc1ccc(-c2nc(CCNC(=O)Nc3ccccc3OCC(C)C)co2)cc1. The summed E-state index contributed by atoms with van der Waals surface area (Å²) < 4.78 is 16.5. The number of anilines is 1. The van der Waals surface area contributed by atoms with Crippen LogP contribution in [0.5, 0.6) is 11.5 Å². The summed E-state index contributed by atoms with van der Waals surface area (Å²) in [5.74, 6) is 2.37. The molecule has 0 radical (unpaired) electrons. The number of aromatic nitrogens is 1. The molecule has 0 fully saturated rings. The van der Waals surface area contributed by atoms with Gasteiger partial charge in [-0.3, -0.25) is 0 Å². The molecule has 3 aromatic rings. The molecule has 0 unspecified atom stereocenters. The summed E-state index contributed by atoms with van der Waals surface area (Å²) in [5, 5.41) is 5.66. The number of ether oxygens (including phenoxy) is 2. The van der Waals surface area contributed by atoms with Gasteiger partial charge in [0.25, 0.3) is 0 Å². The Bertz CT molecular complexity index is 951. The number of hydrogen-bond acceptors (Lipinski definition) is 5. The molecule has 1 heterocycles. The van der Waals surface area contributed by atoms with Crippen molar-refractivity contribution in [1.29, 1.82) is 0 Å². The van der Waals surface area contributed by atoms with E-state index in [1.165, 1.54) is 0 Å². The van der Waals surface area contributed by atoms with Gasteiger partial charge in [0, 0.05) is 18.5 Å². The molecule has 2 amide bonds. The second kappa shape index (κ2) is 10.3. The highest BCUT2D eigenvalue weighted by molar-refractivity contribution is 5.90. The second-order valence-electron chi connectivity index (χ2n) is 7.20. The molecule has 3 rings (SSSR count). The lowest BCUT2D eigenvalue weighted by Gasteiger charge is -2.14. The molecule has 0 aliphatic carbocycles. The Morgan fingerprint density at radius 3 is 2.63 bits per heavy atom. The first-order valence-corrected chi connectivity index (χ1v) is 9.90. The third-order valence-corrected chi connectivity index (χ3v) is 4.26. The van der Waals surface area contributed by atoms with Crippen LogP contribution < -0.4 is 20.1 Å². The van der Waals surface area contributed by atoms with Gasteiger partial charge in [-0.1, -0.05) is 26.0 Å². The van der Waals surface area contributed by atoms with Crippen molar-refractivity contribution in [3.8, 4) is 23.0 Å². The van der Waals surface area contributed by atoms with Crippen molar-refractivity contribution in [2.45, 2.75) is 20.3 Å². The number of methoxy groups -OCH3 is 1. The van der Waals surface area contributed by atoms with E-state index in [9.17, 15) is 4.79 Å². The molecule has 0 spiro atoms. The first-order valence-electron chi connectivity index (χ1n) is 9.90. The topological polar surface area (TPSA) is 85.6 Å². The van der Waals surface area contributed by atoms with Gasteiger partial charge in [-0.2, -0.15) is 0 Å². The summed E-state index contributed by atoms with van der Waals surface area (Å²) in [6.07, 6.45) is 2.16. The van der Waals surface area contributed by atoms with Crippen molar-refractivity contribution >= 4 is 11.7 Å². The van der Waals surface area contributed by atoms with Crippen LogP contribution in [-0.2, 0) is 6.42 Å². The number of benzene rings is 2. The van der Waals surface area contributed by atoms with Crippen molar-refractivity contribution in [3.63, 3.8) is 0 Å². The van der Waals surface area contributed by atoms with Gasteiger partial charge in [-0.25, -0.2) is 9.78 Å². The highest BCUT2D eigenvalue weighted by Gasteiger charge is 2.10. The minimum absolute atomic E-state index is 0.297.